The predicted octanol–water partition coefficient (Wildman–Crippen LogP) is 4.68. The fourth-order valence-electron chi connectivity index (χ4n) is 3.72. The van der Waals surface area contributed by atoms with Gasteiger partial charge in [-0.3, -0.25) is 4.79 Å². The average Bonchev–Trinajstić information content (AvgIpc) is 3.29. The number of nitrogens with zero attached hydrogens (tertiary/aromatic N) is 1. The van der Waals surface area contributed by atoms with Crippen molar-refractivity contribution in [2.24, 2.45) is 0 Å². The molecular formula is C24H26N2O4. The van der Waals surface area contributed by atoms with Gasteiger partial charge in [-0.2, -0.15) is 0 Å². The molecule has 2 heterocycles. The van der Waals surface area contributed by atoms with Gasteiger partial charge >= 0.3 is 0 Å². The lowest BCUT2D eigenvalue weighted by Gasteiger charge is -2.33. The number of likely N-dealkylation sites (tertiary alicyclic amines) is 1. The van der Waals surface area contributed by atoms with E-state index in [1.165, 1.54) is 0 Å². The molecule has 0 spiro atoms. The van der Waals surface area contributed by atoms with Crippen LogP contribution in [0.3, 0.4) is 0 Å². The molecule has 1 saturated heterocycles. The minimum atomic E-state index is -0.0732. The Labute approximate surface area is 176 Å². The molecule has 156 valence electrons. The highest BCUT2D eigenvalue weighted by molar-refractivity contribution is 5.92. The standard InChI is InChI=1S/C24H26N2O4/c1-28-20-9-5-17(6-10-20)22-13-14-23(30-22)24(27)26-15-3-4-19(16-26)25-18-7-11-21(29-2)12-8-18/h5-14,19,25H,3-4,15-16H2,1-2H3/t19-/m0/s1. The molecule has 1 aliphatic rings. The van der Waals surface area contributed by atoms with Crippen LogP contribution in [-0.2, 0) is 0 Å². The van der Waals surface area contributed by atoms with Gasteiger partial charge in [0.2, 0.25) is 0 Å². The second-order valence-electron chi connectivity index (χ2n) is 7.36. The first-order valence-corrected chi connectivity index (χ1v) is 10.1. The van der Waals surface area contributed by atoms with Gasteiger partial charge < -0.3 is 24.1 Å². The van der Waals surface area contributed by atoms with Crippen molar-refractivity contribution in [1.82, 2.24) is 4.90 Å². The second-order valence-corrected chi connectivity index (χ2v) is 7.36. The fourth-order valence-corrected chi connectivity index (χ4v) is 3.72. The molecule has 1 atom stereocenters. The number of ether oxygens (including phenoxy) is 2. The number of carbonyl (C=O) groups is 1. The molecule has 1 N–H and O–H groups in total. The maximum atomic E-state index is 13.0. The lowest BCUT2D eigenvalue weighted by molar-refractivity contribution is 0.0683. The summed E-state index contributed by atoms with van der Waals surface area (Å²) in [4.78, 5) is 14.9. The summed E-state index contributed by atoms with van der Waals surface area (Å²) in [6.45, 7) is 1.38. The summed E-state index contributed by atoms with van der Waals surface area (Å²) in [6.07, 6.45) is 1.97. The van der Waals surface area contributed by atoms with Gasteiger partial charge in [-0.25, -0.2) is 0 Å². The molecule has 3 aromatic rings. The summed E-state index contributed by atoms with van der Waals surface area (Å²) < 4.78 is 16.3. The molecule has 6 heteroatoms. The Balaban J connectivity index is 1.40. The number of carbonyl (C=O) groups excluding carboxylic acids is 1. The van der Waals surface area contributed by atoms with Crippen molar-refractivity contribution < 1.29 is 18.7 Å². The molecule has 0 bridgehead atoms. The SMILES string of the molecule is COc1ccc(N[C@H]2CCCN(C(=O)c3ccc(-c4ccc(OC)cc4)o3)C2)cc1. The average molecular weight is 406 g/mol. The summed E-state index contributed by atoms with van der Waals surface area (Å²) in [5.74, 6) is 2.57. The molecule has 30 heavy (non-hydrogen) atoms. The van der Waals surface area contributed by atoms with Gasteiger partial charge in [0.05, 0.1) is 14.2 Å². The summed E-state index contributed by atoms with van der Waals surface area (Å²) in [5.41, 5.74) is 1.93. The van der Waals surface area contributed by atoms with Crippen molar-refractivity contribution in [3.63, 3.8) is 0 Å². The van der Waals surface area contributed by atoms with Crippen molar-refractivity contribution in [3.05, 3.63) is 66.4 Å². The Kier molecular flexibility index (Phi) is 5.93. The summed E-state index contributed by atoms with van der Waals surface area (Å²) >= 11 is 0. The van der Waals surface area contributed by atoms with E-state index in [1.54, 1.807) is 20.3 Å². The Morgan fingerprint density at radius 1 is 0.967 bits per heavy atom. The number of methoxy groups -OCH3 is 2. The number of amides is 1. The van der Waals surface area contributed by atoms with Crippen molar-refractivity contribution in [1.29, 1.82) is 0 Å². The third kappa shape index (κ3) is 4.43. The molecule has 0 saturated carbocycles. The zero-order valence-electron chi connectivity index (χ0n) is 17.3. The molecule has 0 radical (unpaired) electrons. The van der Waals surface area contributed by atoms with E-state index in [4.69, 9.17) is 13.9 Å². The van der Waals surface area contributed by atoms with Gasteiger partial charge in [-0.05, 0) is 73.5 Å². The number of furan rings is 1. The summed E-state index contributed by atoms with van der Waals surface area (Å²) in [7, 11) is 3.29. The van der Waals surface area contributed by atoms with E-state index in [9.17, 15) is 4.79 Å². The molecule has 1 aromatic heterocycles. The van der Waals surface area contributed by atoms with E-state index in [2.05, 4.69) is 5.32 Å². The van der Waals surface area contributed by atoms with Crippen LogP contribution in [0.1, 0.15) is 23.4 Å². The van der Waals surface area contributed by atoms with E-state index in [0.29, 0.717) is 18.1 Å². The Hall–Kier alpha value is -3.41. The van der Waals surface area contributed by atoms with Crippen LogP contribution in [0.4, 0.5) is 5.69 Å². The van der Waals surface area contributed by atoms with Gasteiger partial charge in [-0.15, -0.1) is 0 Å². The van der Waals surface area contributed by atoms with E-state index in [-0.39, 0.29) is 11.9 Å². The molecular weight excluding hydrogens is 380 g/mol. The van der Waals surface area contributed by atoms with Crippen LogP contribution in [0.25, 0.3) is 11.3 Å². The molecule has 6 nitrogen and oxygen atoms in total. The second kappa shape index (κ2) is 8.95. The number of piperidine rings is 1. The van der Waals surface area contributed by atoms with Crippen LogP contribution in [0.15, 0.2) is 65.1 Å². The number of benzene rings is 2. The third-order valence-corrected chi connectivity index (χ3v) is 5.36. The van der Waals surface area contributed by atoms with Gasteiger partial charge in [0.15, 0.2) is 5.76 Å². The fraction of sp³-hybridized carbons (Fsp3) is 0.292. The number of anilines is 1. The first-order valence-electron chi connectivity index (χ1n) is 10.1. The van der Waals surface area contributed by atoms with E-state index >= 15 is 0 Å². The highest BCUT2D eigenvalue weighted by Gasteiger charge is 2.26. The van der Waals surface area contributed by atoms with Gasteiger partial charge in [-0.1, -0.05) is 0 Å². The van der Waals surface area contributed by atoms with Crippen LogP contribution in [-0.4, -0.2) is 44.2 Å². The minimum absolute atomic E-state index is 0.0732. The number of hydrogen-bond donors (Lipinski definition) is 1. The first-order chi connectivity index (χ1) is 14.7. The van der Waals surface area contributed by atoms with Crippen molar-refractivity contribution in [3.8, 4) is 22.8 Å². The smallest absolute Gasteiger partial charge is 0.289 e. The molecule has 1 amide bonds. The summed E-state index contributed by atoms with van der Waals surface area (Å²) in [5, 5.41) is 3.52. The van der Waals surface area contributed by atoms with Crippen LogP contribution >= 0.6 is 0 Å². The Morgan fingerprint density at radius 2 is 1.63 bits per heavy atom. The van der Waals surface area contributed by atoms with Gasteiger partial charge in [0.25, 0.3) is 5.91 Å². The normalized spacial score (nSPS) is 16.2. The van der Waals surface area contributed by atoms with Crippen molar-refractivity contribution >= 4 is 11.6 Å². The highest BCUT2D eigenvalue weighted by Crippen LogP contribution is 2.26. The minimum Gasteiger partial charge on any atom is -0.497 e. The van der Waals surface area contributed by atoms with Crippen molar-refractivity contribution in [2.45, 2.75) is 18.9 Å². The first kappa shape index (κ1) is 19.9. The monoisotopic (exact) mass is 406 g/mol. The molecule has 0 unspecified atom stereocenters. The highest BCUT2D eigenvalue weighted by atomic mass is 16.5. The molecule has 1 fully saturated rings. The molecule has 1 aliphatic heterocycles. The lowest BCUT2D eigenvalue weighted by atomic mass is 10.0. The zero-order valence-corrected chi connectivity index (χ0v) is 17.3. The predicted molar refractivity (Wildman–Crippen MR) is 116 cm³/mol. The maximum Gasteiger partial charge on any atom is 0.289 e. The van der Waals surface area contributed by atoms with Gasteiger partial charge in [0, 0.05) is 30.4 Å². The van der Waals surface area contributed by atoms with E-state index < -0.39 is 0 Å². The number of nitrogens with one attached hydrogen (secondary N) is 1. The van der Waals surface area contributed by atoms with Crippen LogP contribution in [0.2, 0.25) is 0 Å². The topological polar surface area (TPSA) is 63.9 Å². The summed E-state index contributed by atoms with van der Waals surface area (Å²) in [6, 6.07) is 19.2. The Morgan fingerprint density at radius 3 is 2.30 bits per heavy atom. The maximum absolute atomic E-state index is 13.0. The van der Waals surface area contributed by atoms with Crippen molar-refractivity contribution in [2.75, 3.05) is 32.6 Å². The molecule has 2 aromatic carbocycles. The van der Waals surface area contributed by atoms with E-state index in [0.717, 1.165) is 42.1 Å². The van der Waals surface area contributed by atoms with Crippen LogP contribution in [0.5, 0.6) is 11.5 Å². The van der Waals surface area contributed by atoms with Crippen LogP contribution < -0.4 is 14.8 Å². The largest absolute Gasteiger partial charge is 0.497 e. The molecule has 0 aliphatic carbocycles. The third-order valence-electron chi connectivity index (χ3n) is 5.36. The quantitative estimate of drug-likeness (QED) is 0.644. The molecule has 4 rings (SSSR count). The van der Waals surface area contributed by atoms with E-state index in [1.807, 2.05) is 59.5 Å². The Bertz CT molecular complexity index is 979. The zero-order chi connectivity index (χ0) is 20.9. The number of rotatable bonds is 6. The van der Waals surface area contributed by atoms with Gasteiger partial charge in [0.1, 0.15) is 17.3 Å². The van der Waals surface area contributed by atoms with Crippen LogP contribution in [0, 0.1) is 0 Å². The number of hydrogen-bond acceptors (Lipinski definition) is 5. The lowest BCUT2D eigenvalue weighted by Crippen LogP contribution is -2.45.